The molecule has 102 valence electrons. The van der Waals surface area contributed by atoms with Gasteiger partial charge >= 0.3 is 0 Å². The lowest BCUT2D eigenvalue weighted by molar-refractivity contribution is -0.132. The van der Waals surface area contributed by atoms with Crippen molar-refractivity contribution in [1.29, 1.82) is 0 Å². The molecule has 0 saturated heterocycles. The van der Waals surface area contributed by atoms with Gasteiger partial charge in [-0.25, -0.2) is 10.5 Å². The number of hydroxylamine groups is 1. The highest BCUT2D eigenvalue weighted by Gasteiger charge is 2.36. The minimum Gasteiger partial charge on any atom is -0.471 e. The maximum atomic E-state index is 11.6. The summed E-state index contributed by atoms with van der Waals surface area (Å²) in [6.07, 6.45) is 2.42. The Morgan fingerprint density at radius 1 is 1.42 bits per heavy atom. The van der Waals surface area contributed by atoms with E-state index in [4.69, 9.17) is 9.94 Å². The first-order valence-corrected chi connectivity index (χ1v) is 6.50. The Kier molecular flexibility index (Phi) is 4.52. The lowest BCUT2D eigenvalue weighted by Crippen LogP contribution is -2.37. The smallest absolute Gasteiger partial charge is 0.272 e. The molecule has 2 rings (SSSR count). The van der Waals surface area contributed by atoms with Crippen molar-refractivity contribution in [3.8, 4) is 0 Å². The maximum Gasteiger partial charge on any atom is 0.272 e. The Morgan fingerprint density at radius 3 is 2.79 bits per heavy atom. The van der Waals surface area contributed by atoms with Crippen LogP contribution in [0.4, 0.5) is 0 Å². The average molecular weight is 262 g/mol. The van der Waals surface area contributed by atoms with E-state index in [0.717, 1.165) is 24.8 Å². The SMILES string of the molecule is CCCC[C@@H]1OC(c2ccccc2)=N[C@H]1C(=O)NO. The van der Waals surface area contributed by atoms with Crippen molar-refractivity contribution in [2.24, 2.45) is 4.99 Å². The molecule has 0 fully saturated rings. The molecule has 5 nitrogen and oxygen atoms in total. The summed E-state index contributed by atoms with van der Waals surface area (Å²) in [6, 6.07) is 8.78. The Hall–Kier alpha value is -1.88. The third kappa shape index (κ3) is 3.12. The van der Waals surface area contributed by atoms with Crippen LogP contribution in [0.3, 0.4) is 0 Å². The van der Waals surface area contributed by atoms with E-state index in [1.165, 1.54) is 0 Å². The van der Waals surface area contributed by atoms with Crippen molar-refractivity contribution < 1.29 is 14.7 Å². The molecule has 1 aliphatic heterocycles. The predicted molar refractivity (Wildman–Crippen MR) is 71.1 cm³/mol. The standard InChI is InChI=1S/C14H18N2O3/c1-2-3-9-11-12(13(17)16-18)15-14(19-11)10-7-5-4-6-8-10/h4-8,11-12,18H,2-3,9H2,1H3,(H,16,17)/t11-,12+/m0/s1. The fourth-order valence-corrected chi connectivity index (χ4v) is 2.09. The monoisotopic (exact) mass is 262 g/mol. The number of hydrogen-bond donors (Lipinski definition) is 2. The van der Waals surface area contributed by atoms with Crippen LogP contribution in [0.5, 0.6) is 0 Å². The van der Waals surface area contributed by atoms with Gasteiger partial charge in [-0.2, -0.15) is 0 Å². The minimum atomic E-state index is -0.674. The summed E-state index contributed by atoms with van der Waals surface area (Å²) in [5, 5.41) is 8.77. The molecule has 0 unspecified atom stereocenters. The van der Waals surface area contributed by atoms with Crippen LogP contribution in [0.25, 0.3) is 0 Å². The van der Waals surface area contributed by atoms with E-state index in [1.54, 1.807) is 5.48 Å². The van der Waals surface area contributed by atoms with E-state index in [2.05, 4.69) is 11.9 Å². The number of ether oxygens (including phenoxy) is 1. The summed E-state index contributed by atoms with van der Waals surface area (Å²) in [5.74, 6) is -0.0534. The number of nitrogens with zero attached hydrogens (tertiary/aromatic N) is 1. The molecule has 2 N–H and O–H groups in total. The Morgan fingerprint density at radius 2 is 2.16 bits per heavy atom. The topological polar surface area (TPSA) is 70.9 Å². The molecule has 1 amide bonds. The first kappa shape index (κ1) is 13.5. The van der Waals surface area contributed by atoms with Crippen molar-refractivity contribution in [3.05, 3.63) is 35.9 Å². The number of unbranched alkanes of at least 4 members (excludes halogenated alkanes) is 1. The van der Waals surface area contributed by atoms with Crippen LogP contribution in [0.2, 0.25) is 0 Å². The van der Waals surface area contributed by atoms with Crippen LogP contribution in [-0.2, 0) is 9.53 Å². The minimum absolute atomic E-state index is 0.303. The van der Waals surface area contributed by atoms with Crippen LogP contribution >= 0.6 is 0 Å². The highest BCUT2D eigenvalue weighted by Crippen LogP contribution is 2.22. The maximum absolute atomic E-state index is 11.6. The number of carbonyl (C=O) groups excluding carboxylic acids is 1. The van der Waals surface area contributed by atoms with Gasteiger partial charge in [0.15, 0.2) is 6.04 Å². The Balaban J connectivity index is 2.16. The third-order valence-electron chi connectivity index (χ3n) is 3.11. The molecular weight excluding hydrogens is 244 g/mol. The molecule has 1 aromatic rings. The van der Waals surface area contributed by atoms with Crippen LogP contribution in [0.15, 0.2) is 35.3 Å². The van der Waals surface area contributed by atoms with Gasteiger partial charge in [-0.05, 0) is 25.0 Å². The first-order valence-electron chi connectivity index (χ1n) is 6.50. The fraction of sp³-hybridized carbons (Fsp3) is 0.429. The number of amides is 1. The molecule has 1 heterocycles. The molecule has 0 radical (unpaired) electrons. The van der Waals surface area contributed by atoms with Crippen LogP contribution in [0.1, 0.15) is 31.7 Å². The van der Waals surface area contributed by atoms with Gasteiger partial charge in [0.25, 0.3) is 5.91 Å². The van der Waals surface area contributed by atoms with Crippen LogP contribution < -0.4 is 5.48 Å². The number of benzene rings is 1. The Labute approximate surface area is 112 Å². The summed E-state index contributed by atoms with van der Waals surface area (Å²) >= 11 is 0. The zero-order valence-corrected chi connectivity index (χ0v) is 10.9. The highest BCUT2D eigenvalue weighted by molar-refractivity contribution is 5.98. The van der Waals surface area contributed by atoms with Gasteiger partial charge in [0, 0.05) is 5.56 Å². The lowest BCUT2D eigenvalue weighted by Gasteiger charge is -2.15. The number of carbonyl (C=O) groups is 1. The van der Waals surface area contributed by atoms with Crippen molar-refractivity contribution in [1.82, 2.24) is 5.48 Å². The van der Waals surface area contributed by atoms with Crippen LogP contribution in [0, 0.1) is 0 Å². The van der Waals surface area contributed by atoms with Gasteiger partial charge in [0.05, 0.1) is 0 Å². The largest absolute Gasteiger partial charge is 0.471 e. The molecule has 0 saturated carbocycles. The number of rotatable bonds is 5. The number of aliphatic imine (C=N–C) groups is 1. The molecule has 5 heteroatoms. The molecule has 0 spiro atoms. The lowest BCUT2D eigenvalue weighted by atomic mass is 10.1. The van der Waals surface area contributed by atoms with Gasteiger partial charge < -0.3 is 4.74 Å². The van der Waals surface area contributed by atoms with Gasteiger partial charge in [-0.15, -0.1) is 0 Å². The summed E-state index contributed by atoms with van der Waals surface area (Å²) in [5.41, 5.74) is 2.50. The predicted octanol–water partition coefficient (Wildman–Crippen LogP) is 1.90. The molecule has 1 aromatic carbocycles. The quantitative estimate of drug-likeness (QED) is 0.629. The molecule has 2 atom stereocenters. The van der Waals surface area contributed by atoms with Crippen molar-refractivity contribution >= 4 is 11.8 Å². The second kappa shape index (κ2) is 6.33. The van der Waals surface area contributed by atoms with E-state index in [9.17, 15) is 4.79 Å². The van der Waals surface area contributed by atoms with Crippen LogP contribution in [-0.4, -0.2) is 29.2 Å². The second-order valence-corrected chi connectivity index (χ2v) is 4.52. The van der Waals surface area contributed by atoms with Crippen molar-refractivity contribution in [2.75, 3.05) is 0 Å². The molecule has 0 bridgehead atoms. The van der Waals surface area contributed by atoms with Gasteiger partial charge in [0.1, 0.15) is 6.10 Å². The molecule has 0 aliphatic carbocycles. The van der Waals surface area contributed by atoms with E-state index in [-0.39, 0.29) is 6.10 Å². The van der Waals surface area contributed by atoms with Gasteiger partial charge in [-0.3, -0.25) is 10.0 Å². The highest BCUT2D eigenvalue weighted by atomic mass is 16.5. The fourth-order valence-electron chi connectivity index (χ4n) is 2.09. The first-order chi connectivity index (χ1) is 9.26. The number of nitrogens with one attached hydrogen (secondary N) is 1. The zero-order chi connectivity index (χ0) is 13.7. The number of hydrogen-bond acceptors (Lipinski definition) is 4. The van der Waals surface area contributed by atoms with E-state index in [1.807, 2.05) is 30.3 Å². The second-order valence-electron chi connectivity index (χ2n) is 4.52. The normalized spacial score (nSPS) is 21.7. The zero-order valence-electron chi connectivity index (χ0n) is 10.9. The summed E-state index contributed by atoms with van der Waals surface area (Å²) in [4.78, 5) is 15.9. The van der Waals surface area contributed by atoms with Crippen molar-refractivity contribution in [2.45, 2.75) is 38.3 Å². The van der Waals surface area contributed by atoms with Gasteiger partial charge in [-0.1, -0.05) is 31.5 Å². The average Bonchev–Trinajstić information content (AvgIpc) is 2.89. The molecule has 19 heavy (non-hydrogen) atoms. The molecular formula is C14H18N2O3. The molecule has 0 aromatic heterocycles. The summed E-state index contributed by atoms with van der Waals surface area (Å²) in [6.45, 7) is 2.08. The molecule has 1 aliphatic rings. The Bertz CT molecular complexity index is 459. The third-order valence-corrected chi connectivity index (χ3v) is 3.11. The summed E-state index contributed by atoms with van der Waals surface area (Å²) in [7, 11) is 0. The van der Waals surface area contributed by atoms with Gasteiger partial charge in [0.2, 0.25) is 5.90 Å². The van der Waals surface area contributed by atoms with Crippen molar-refractivity contribution in [3.63, 3.8) is 0 Å². The van der Waals surface area contributed by atoms with E-state index >= 15 is 0 Å². The van der Waals surface area contributed by atoms with E-state index < -0.39 is 11.9 Å². The summed E-state index contributed by atoms with van der Waals surface area (Å²) < 4.78 is 5.76. The van der Waals surface area contributed by atoms with E-state index in [0.29, 0.717) is 5.90 Å².